The van der Waals surface area contributed by atoms with Crippen LogP contribution in [0.2, 0.25) is 0 Å². The van der Waals surface area contributed by atoms with Crippen LogP contribution in [0.5, 0.6) is 0 Å². The van der Waals surface area contributed by atoms with Gasteiger partial charge in [-0.1, -0.05) is 45.7 Å². The van der Waals surface area contributed by atoms with Gasteiger partial charge in [-0.25, -0.2) is 0 Å². The number of carbonyl (C=O) groups is 1. The fraction of sp³-hybridized carbons (Fsp3) is 0.867. The third-order valence-corrected chi connectivity index (χ3v) is 4.33. The number of amidine groups is 1. The van der Waals surface area contributed by atoms with Gasteiger partial charge in [-0.05, 0) is 24.7 Å². The van der Waals surface area contributed by atoms with Crippen LogP contribution < -0.4 is 5.73 Å². The van der Waals surface area contributed by atoms with E-state index >= 15 is 0 Å². The van der Waals surface area contributed by atoms with Crippen LogP contribution in [0.3, 0.4) is 0 Å². The zero-order valence-electron chi connectivity index (χ0n) is 13.3. The minimum Gasteiger partial charge on any atom is -0.409 e. The topological polar surface area (TPSA) is 78.9 Å². The van der Waals surface area contributed by atoms with E-state index in [0.29, 0.717) is 12.8 Å². The molecule has 1 saturated heterocycles. The van der Waals surface area contributed by atoms with Crippen molar-refractivity contribution in [2.75, 3.05) is 13.1 Å². The largest absolute Gasteiger partial charge is 0.409 e. The molecule has 1 fully saturated rings. The molecule has 0 aromatic rings. The standard InChI is InChI=1S/C15H29N3O2/c1-5-7-15(8-6-2,12(16)17-20)13(19)18-10-9-14(3,4)11-18/h20H,5-11H2,1-4H3,(H2,16,17). The summed E-state index contributed by atoms with van der Waals surface area (Å²) in [5.41, 5.74) is 5.24. The van der Waals surface area contributed by atoms with Crippen molar-refractivity contribution in [2.45, 2.75) is 59.8 Å². The van der Waals surface area contributed by atoms with Gasteiger partial charge in [-0.3, -0.25) is 4.79 Å². The number of rotatable bonds is 6. The van der Waals surface area contributed by atoms with Crippen LogP contribution in [0.4, 0.5) is 0 Å². The van der Waals surface area contributed by atoms with Crippen molar-refractivity contribution in [3.05, 3.63) is 0 Å². The molecular weight excluding hydrogens is 254 g/mol. The molecule has 0 atom stereocenters. The van der Waals surface area contributed by atoms with Gasteiger partial charge in [0.25, 0.3) is 0 Å². The lowest BCUT2D eigenvalue weighted by molar-refractivity contribution is -0.138. The Bertz CT molecular complexity index is 371. The van der Waals surface area contributed by atoms with Gasteiger partial charge in [-0.15, -0.1) is 0 Å². The first-order valence-corrected chi connectivity index (χ1v) is 7.60. The molecular formula is C15H29N3O2. The second-order valence-electron chi connectivity index (χ2n) is 6.71. The Morgan fingerprint density at radius 3 is 2.25 bits per heavy atom. The number of likely N-dealkylation sites (tertiary alicyclic amines) is 1. The van der Waals surface area contributed by atoms with E-state index in [9.17, 15) is 4.79 Å². The number of nitrogens with zero attached hydrogens (tertiary/aromatic N) is 2. The fourth-order valence-corrected chi connectivity index (χ4v) is 3.24. The van der Waals surface area contributed by atoms with Gasteiger partial charge in [0.2, 0.25) is 5.91 Å². The van der Waals surface area contributed by atoms with Crippen molar-refractivity contribution in [2.24, 2.45) is 21.7 Å². The molecule has 1 aliphatic heterocycles. The highest BCUT2D eigenvalue weighted by Gasteiger charge is 2.46. The summed E-state index contributed by atoms with van der Waals surface area (Å²) in [7, 11) is 0. The molecule has 1 rings (SSSR count). The van der Waals surface area contributed by atoms with E-state index in [1.54, 1.807) is 0 Å². The average molecular weight is 283 g/mol. The lowest BCUT2D eigenvalue weighted by Gasteiger charge is -2.35. The lowest BCUT2D eigenvalue weighted by atomic mass is 9.76. The van der Waals surface area contributed by atoms with Crippen molar-refractivity contribution >= 4 is 11.7 Å². The molecule has 0 saturated carbocycles. The fourth-order valence-electron chi connectivity index (χ4n) is 3.24. The van der Waals surface area contributed by atoms with Crippen molar-refractivity contribution in [3.8, 4) is 0 Å². The normalized spacial score (nSPS) is 19.4. The molecule has 0 aromatic carbocycles. The van der Waals surface area contributed by atoms with Crippen LogP contribution in [-0.2, 0) is 4.79 Å². The maximum Gasteiger partial charge on any atom is 0.236 e. The second kappa shape index (κ2) is 6.46. The number of carbonyl (C=O) groups excluding carboxylic acids is 1. The molecule has 0 spiro atoms. The summed E-state index contributed by atoms with van der Waals surface area (Å²) in [5.74, 6) is 0.0954. The molecule has 1 amide bonds. The third kappa shape index (κ3) is 3.25. The quantitative estimate of drug-likeness (QED) is 0.340. The van der Waals surface area contributed by atoms with Gasteiger partial charge in [0, 0.05) is 13.1 Å². The molecule has 0 unspecified atom stereocenters. The molecule has 1 heterocycles. The number of nitrogens with two attached hydrogens (primary N) is 1. The SMILES string of the molecule is CCCC(CCC)(C(=O)N1CCC(C)(C)C1)C(N)=NO. The second-order valence-corrected chi connectivity index (χ2v) is 6.71. The van der Waals surface area contributed by atoms with Crippen molar-refractivity contribution in [1.82, 2.24) is 4.90 Å². The Morgan fingerprint density at radius 1 is 1.35 bits per heavy atom. The molecule has 3 N–H and O–H groups in total. The molecule has 5 nitrogen and oxygen atoms in total. The molecule has 0 aliphatic carbocycles. The smallest absolute Gasteiger partial charge is 0.236 e. The highest BCUT2D eigenvalue weighted by molar-refractivity contribution is 6.06. The number of hydrogen-bond donors (Lipinski definition) is 2. The summed E-state index contributed by atoms with van der Waals surface area (Å²) >= 11 is 0. The molecule has 1 aliphatic rings. The molecule has 0 aromatic heterocycles. The van der Waals surface area contributed by atoms with E-state index in [2.05, 4.69) is 19.0 Å². The highest BCUT2D eigenvalue weighted by atomic mass is 16.4. The summed E-state index contributed by atoms with van der Waals surface area (Å²) in [6.45, 7) is 9.90. The first-order valence-electron chi connectivity index (χ1n) is 7.60. The first kappa shape index (κ1) is 16.8. The van der Waals surface area contributed by atoms with E-state index in [4.69, 9.17) is 10.9 Å². The zero-order valence-corrected chi connectivity index (χ0v) is 13.3. The van der Waals surface area contributed by atoms with E-state index in [1.807, 2.05) is 18.7 Å². The highest BCUT2D eigenvalue weighted by Crippen LogP contribution is 2.37. The molecule has 0 radical (unpaired) electrons. The van der Waals surface area contributed by atoms with Crippen LogP contribution in [0.1, 0.15) is 59.8 Å². The van der Waals surface area contributed by atoms with E-state index in [1.165, 1.54) is 0 Å². The summed E-state index contributed by atoms with van der Waals surface area (Å²) in [6, 6.07) is 0. The predicted molar refractivity (Wildman–Crippen MR) is 80.6 cm³/mol. The average Bonchev–Trinajstić information content (AvgIpc) is 2.76. The summed E-state index contributed by atoms with van der Waals surface area (Å²) in [5, 5.41) is 12.3. The predicted octanol–water partition coefficient (Wildman–Crippen LogP) is 2.58. The Morgan fingerprint density at radius 2 is 1.90 bits per heavy atom. The first-order chi connectivity index (χ1) is 9.33. The van der Waals surface area contributed by atoms with Crippen molar-refractivity contribution < 1.29 is 10.0 Å². The lowest BCUT2D eigenvalue weighted by Crippen LogP contribution is -2.51. The number of amides is 1. The minimum absolute atomic E-state index is 0.0297. The number of hydrogen-bond acceptors (Lipinski definition) is 3. The van der Waals surface area contributed by atoms with E-state index < -0.39 is 5.41 Å². The maximum absolute atomic E-state index is 13.0. The molecule has 116 valence electrons. The third-order valence-electron chi connectivity index (χ3n) is 4.33. The van der Waals surface area contributed by atoms with Crippen LogP contribution in [0, 0.1) is 10.8 Å². The van der Waals surface area contributed by atoms with Gasteiger partial charge in [0.05, 0.1) is 0 Å². The Kier molecular flexibility index (Phi) is 5.42. The van der Waals surface area contributed by atoms with Crippen LogP contribution in [-0.4, -0.2) is 34.9 Å². The minimum atomic E-state index is -0.835. The Hall–Kier alpha value is -1.26. The van der Waals surface area contributed by atoms with E-state index in [0.717, 1.165) is 32.4 Å². The van der Waals surface area contributed by atoms with Gasteiger partial charge >= 0.3 is 0 Å². The summed E-state index contributed by atoms with van der Waals surface area (Å²) in [6.07, 6.45) is 3.93. The number of oxime groups is 1. The molecule has 20 heavy (non-hydrogen) atoms. The monoisotopic (exact) mass is 283 g/mol. The van der Waals surface area contributed by atoms with Crippen LogP contribution in [0.15, 0.2) is 5.16 Å². The summed E-state index contributed by atoms with van der Waals surface area (Å²) in [4.78, 5) is 14.9. The van der Waals surface area contributed by atoms with Crippen molar-refractivity contribution in [1.29, 1.82) is 0 Å². The Labute approximate surface area is 122 Å². The van der Waals surface area contributed by atoms with Gasteiger partial charge in [0.15, 0.2) is 5.84 Å². The van der Waals surface area contributed by atoms with E-state index in [-0.39, 0.29) is 17.2 Å². The Balaban J connectivity index is 3.06. The summed E-state index contributed by atoms with van der Waals surface area (Å²) < 4.78 is 0. The van der Waals surface area contributed by atoms with Gasteiger partial charge in [-0.2, -0.15) is 0 Å². The van der Waals surface area contributed by atoms with Gasteiger partial charge in [0.1, 0.15) is 5.41 Å². The molecule has 0 bridgehead atoms. The maximum atomic E-state index is 13.0. The van der Waals surface area contributed by atoms with Crippen LogP contribution >= 0.6 is 0 Å². The van der Waals surface area contributed by atoms with Gasteiger partial charge < -0.3 is 15.8 Å². The van der Waals surface area contributed by atoms with Crippen LogP contribution in [0.25, 0.3) is 0 Å². The van der Waals surface area contributed by atoms with Crippen molar-refractivity contribution in [3.63, 3.8) is 0 Å². The zero-order chi connectivity index (χ0) is 15.4. The molecule has 5 heteroatoms.